The lowest BCUT2D eigenvalue weighted by Crippen LogP contribution is -2.32. The normalized spacial score (nSPS) is 14.9. The smallest absolute Gasteiger partial charge is 0.266 e. The van der Waals surface area contributed by atoms with Crippen molar-refractivity contribution < 1.29 is 4.79 Å². The minimum absolute atomic E-state index is 0.141. The molecule has 0 aromatic heterocycles. The van der Waals surface area contributed by atoms with E-state index in [1.54, 1.807) is 4.90 Å². The molecule has 4 heteroatoms. The Kier molecular flexibility index (Phi) is 6.57. The van der Waals surface area contributed by atoms with E-state index in [2.05, 4.69) is 31.2 Å². The quantitative estimate of drug-likeness (QED) is 0.373. The van der Waals surface area contributed by atoms with Crippen molar-refractivity contribution in [2.75, 3.05) is 4.90 Å². The molecule has 32 heavy (non-hydrogen) atoms. The number of unbranched alkanes of at least 4 members (excludes halogenated alkanes) is 1. The number of anilines is 1. The summed E-state index contributed by atoms with van der Waals surface area (Å²) in [6.45, 7) is 6.18. The summed E-state index contributed by atoms with van der Waals surface area (Å²) in [4.78, 5) is 19.9. The average molecular weight is 443 g/mol. The maximum absolute atomic E-state index is 13.5. The Balaban J connectivity index is 1.76. The minimum atomic E-state index is -0.141. The predicted octanol–water partition coefficient (Wildman–Crippen LogP) is 7.13. The first-order chi connectivity index (χ1) is 15.5. The van der Waals surface area contributed by atoms with E-state index in [1.807, 2.05) is 62.4 Å². The number of aryl methyl sites for hydroxylation is 3. The number of hydrogen-bond acceptors (Lipinski definition) is 2. The summed E-state index contributed by atoms with van der Waals surface area (Å²) in [7, 11) is 0. The van der Waals surface area contributed by atoms with Crippen LogP contribution in [0.4, 0.5) is 5.69 Å². The maximum atomic E-state index is 13.5. The van der Waals surface area contributed by atoms with Gasteiger partial charge in [-0.2, -0.15) is 0 Å². The van der Waals surface area contributed by atoms with Crippen molar-refractivity contribution in [2.45, 2.75) is 40.0 Å². The van der Waals surface area contributed by atoms with Gasteiger partial charge in [0.05, 0.1) is 5.69 Å². The number of amidine groups is 1. The molecule has 0 bridgehead atoms. The van der Waals surface area contributed by atoms with E-state index >= 15 is 0 Å². The zero-order chi connectivity index (χ0) is 22.7. The van der Waals surface area contributed by atoms with Gasteiger partial charge in [0.2, 0.25) is 0 Å². The van der Waals surface area contributed by atoms with E-state index in [-0.39, 0.29) is 5.91 Å². The number of benzene rings is 3. The Bertz CT molecular complexity index is 1190. The third-order valence-electron chi connectivity index (χ3n) is 5.67. The van der Waals surface area contributed by atoms with E-state index in [1.165, 1.54) is 24.0 Å². The van der Waals surface area contributed by atoms with E-state index in [0.29, 0.717) is 16.6 Å². The monoisotopic (exact) mass is 442 g/mol. The molecule has 3 nitrogen and oxygen atoms in total. The van der Waals surface area contributed by atoms with Gasteiger partial charge in [0.25, 0.3) is 5.91 Å². The van der Waals surface area contributed by atoms with E-state index in [0.717, 1.165) is 28.8 Å². The summed E-state index contributed by atoms with van der Waals surface area (Å²) >= 11 is 6.24. The lowest BCUT2D eigenvalue weighted by Gasteiger charge is -2.19. The summed E-state index contributed by atoms with van der Waals surface area (Å²) in [5.74, 6) is 0.495. The number of aliphatic imine (C=N–C) groups is 1. The van der Waals surface area contributed by atoms with Crippen molar-refractivity contribution in [3.63, 3.8) is 0 Å². The molecule has 0 saturated carbocycles. The van der Waals surface area contributed by atoms with Gasteiger partial charge in [-0.1, -0.05) is 79.0 Å². The fraction of sp³-hybridized carbons (Fsp3) is 0.214. The zero-order valence-corrected chi connectivity index (χ0v) is 19.5. The van der Waals surface area contributed by atoms with Crippen LogP contribution in [0.2, 0.25) is 5.02 Å². The first-order valence-electron chi connectivity index (χ1n) is 11.0. The molecule has 0 radical (unpaired) electrons. The molecular weight excluding hydrogens is 416 g/mol. The number of carbonyl (C=O) groups excluding carboxylic acids is 1. The second-order valence-corrected chi connectivity index (χ2v) is 8.66. The molecule has 0 saturated heterocycles. The van der Waals surface area contributed by atoms with Crippen molar-refractivity contribution in [1.82, 2.24) is 0 Å². The third-order valence-corrected chi connectivity index (χ3v) is 6.10. The highest BCUT2D eigenvalue weighted by molar-refractivity contribution is 6.34. The van der Waals surface area contributed by atoms with Gasteiger partial charge >= 0.3 is 0 Å². The Hall–Kier alpha value is -3.17. The summed E-state index contributed by atoms with van der Waals surface area (Å²) < 4.78 is 0. The summed E-state index contributed by atoms with van der Waals surface area (Å²) in [5.41, 5.74) is 6.44. The largest absolute Gasteiger partial charge is 0.282 e. The van der Waals surface area contributed by atoms with Crippen LogP contribution in [0.1, 0.15) is 47.6 Å². The summed E-state index contributed by atoms with van der Waals surface area (Å²) in [6.07, 6.45) is 5.24. The van der Waals surface area contributed by atoms with Crippen LogP contribution in [0.5, 0.6) is 0 Å². The minimum Gasteiger partial charge on any atom is -0.266 e. The highest BCUT2D eigenvalue weighted by atomic mass is 35.5. The first kappa shape index (κ1) is 22.0. The molecule has 162 valence electrons. The van der Waals surface area contributed by atoms with Crippen molar-refractivity contribution in [2.24, 2.45) is 4.99 Å². The van der Waals surface area contributed by atoms with Crippen LogP contribution in [0.25, 0.3) is 6.08 Å². The van der Waals surface area contributed by atoms with Crippen molar-refractivity contribution in [1.29, 1.82) is 0 Å². The van der Waals surface area contributed by atoms with Crippen LogP contribution in [0, 0.1) is 13.8 Å². The van der Waals surface area contributed by atoms with Crippen molar-refractivity contribution in [3.05, 3.63) is 105 Å². The lowest BCUT2D eigenvalue weighted by molar-refractivity contribution is -0.113. The molecule has 0 atom stereocenters. The van der Waals surface area contributed by atoms with Crippen molar-refractivity contribution in [3.8, 4) is 0 Å². The Morgan fingerprint density at radius 3 is 2.34 bits per heavy atom. The molecule has 3 aromatic carbocycles. The number of halogens is 1. The fourth-order valence-corrected chi connectivity index (χ4v) is 3.86. The Morgan fingerprint density at radius 2 is 1.69 bits per heavy atom. The molecular formula is C28H27ClN2O. The zero-order valence-electron chi connectivity index (χ0n) is 18.7. The maximum Gasteiger partial charge on any atom is 0.282 e. The Morgan fingerprint density at radius 1 is 0.969 bits per heavy atom. The second kappa shape index (κ2) is 9.54. The van der Waals surface area contributed by atoms with Crippen LogP contribution in [-0.4, -0.2) is 11.7 Å². The molecule has 0 fully saturated rings. The molecule has 4 rings (SSSR count). The third kappa shape index (κ3) is 4.68. The van der Waals surface area contributed by atoms with Crippen LogP contribution < -0.4 is 4.90 Å². The summed E-state index contributed by atoms with van der Waals surface area (Å²) in [5, 5.41) is 0.676. The van der Waals surface area contributed by atoms with Gasteiger partial charge < -0.3 is 0 Å². The average Bonchev–Trinajstić information content (AvgIpc) is 3.12. The Labute approximate surface area is 195 Å². The molecule has 0 spiro atoms. The summed E-state index contributed by atoms with van der Waals surface area (Å²) in [6, 6.07) is 22.1. The number of rotatable bonds is 6. The van der Waals surface area contributed by atoms with Crippen LogP contribution in [0.15, 0.2) is 77.4 Å². The van der Waals surface area contributed by atoms with E-state index < -0.39 is 0 Å². The lowest BCUT2D eigenvalue weighted by atomic mass is 10.1. The van der Waals surface area contributed by atoms with E-state index in [9.17, 15) is 4.79 Å². The topological polar surface area (TPSA) is 32.7 Å². The standard InChI is InChI=1S/C28H27ClN2O/c1-4-5-6-21-11-13-23(14-12-21)27-30-26(18-22-9-7-19(2)8-10-22)28(32)31(27)24-15-16-25(29)20(3)17-24/h7-18H,4-6H2,1-3H3/b26-18-. The van der Waals surface area contributed by atoms with Gasteiger partial charge in [0, 0.05) is 10.6 Å². The van der Waals surface area contributed by atoms with Gasteiger partial charge in [-0.3, -0.25) is 9.69 Å². The van der Waals surface area contributed by atoms with Gasteiger partial charge in [-0.25, -0.2) is 4.99 Å². The number of nitrogens with zero attached hydrogens (tertiary/aromatic N) is 2. The number of hydrogen-bond donors (Lipinski definition) is 0. The molecule has 0 unspecified atom stereocenters. The van der Waals surface area contributed by atoms with Crippen LogP contribution >= 0.6 is 11.6 Å². The molecule has 0 N–H and O–H groups in total. The predicted molar refractivity (Wildman–Crippen MR) is 134 cm³/mol. The number of carbonyl (C=O) groups is 1. The van der Waals surface area contributed by atoms with E-state index in [4.69, 9.17) is 16.6 Å². The van der Waals surface area contributed by atoms with Crippen LogP contribution in [-0.2, 0) is 11.2 Å². The number of amides is 1. The highest BCUT2D eigenvalue weighted by Gasteiger charge is 2.32. The fourth-order valence-electron chi connectivity index (χ4n) is 3.74. The molecule has 1 amide bonds. The van der Waals surface area contributed by atoms with Gasteiger partial charge in [-0.15, -0.1) is 0 Å². The van der Waals surface area contributed by atoms with Gasteiger partial charge in [-0.05, 0) is 67.7 Å². The first-order valence-corrected chi connectivity index (χ1v) is 11.4. The molecule has 1 heterocycles. The SMILES string of the molecule is CCCCc1ccc(C2=N/C(=C\c3ccc(C)cc3)C(=O)N2c2ccc(Cl)c(C)c2)cc1. The van der Waals surface area contributed by atoms with Gasteiger partial charge in [0.15, 0.2) is 0 Å². The molecule has 0 aliphatic carbocycles. The van der Waals surface area contributed by atoms with Crippen molar-refractivity contribution >= 4 is 35.1 Å². The van der Waals surface area contributed by atoms with Crippen LogP contribution in [0.3, 0.4) is 0 Å². The molecule has 1 aliphatic rings. The highest BCUT2D eigenvalue weighted by Crippen LogP contribution is 2.30. The molecule has 3 aromatic rings. The van der Waals surface area contributed by atoms with Gasteiger partial charge in [0.1, 0.15) is 11.5 Å². The molecule has 1 aliphatic heterocycles. The second-order valence-electron chi connectivity index (χ2n) is 8.25.